The van der Waals surface area contributed by atoms with Gasteiger partial charge in [-0.2, -0.15) is 13.2 Å². The molecule has 96 valence electrons. The molecule has 0 unspecified atom stereocenters. The third kappa shape index (κ3) is 3.71. The van der Waals surface area contributed by atoms with E-state index in [4.69, 9.17) is 0 Å². The van der Waals surface area contributed by atoms with Gasteiger partial charge in [-0.1, -0.05) is 0 Å². The lowest BCUT2D eigenvalue weighted by atomic mass is 10.2. The normalized spacial score (nSPS) is 12.7. The van der Waals surface area contributed by atoms with E-state index in [0.717, 1.165) is 24.3 Å². The van der Waals surface area contributed by atoms with Crippen molar-refractivity contribution in [3.63, 3.8) is 0 Å². The Balaban J connectivity index is 2.95. The summed E-state index contributed by atoms with van der Waals surface area (Å²) in [4.78, 5) is -0.0965. The molecule has 0 saturated heterocycles. The first kappa shape index (κ1) is 14.0. The highest BCUT2D eigenvalue weighted by Gasteiger charge is 2.30. The molecule has 0 aromatic heterocycles. The Labute approximate surface area is 97.6 Å². The van der Waals surface area contributed by atoms with Crippen molar-refractivity contribution in [2.75, 3.05) is 19.3 Å². The maximum Gasteiger partial charge on any atom is 0.416 e. The number of nitrogens with one attached hydrogen (secondary N) is 1. The molecule has 0 spiro atoms. The van der Waals surface area contributed by atoms with Crippen molar-refractivity contribution in [1.82, 2.24) is 5.32 Å². The molecule has 0 amide bonds. The van der Waals surface area contributed by atoms with Crippen LogP contribution in [0.1, 0.15) is 5.56 Å². The van der Waals surface area contributed by atoms with E-state index in [-0.39, 0.29) is 17.2 Å². The third-order valence-corrected chi connectivity index (χ3v) is 3.89. The Morgan fingerprint density at radius 3 is 2.12 bits per heavy atom. The SMILES string of the molecule is CNCCS(=O)(=O)c1ccc(C(F)(F)F)cc1. The Kier molecular flexibility index (Phi) is 4.16. The summed E-state index contributed by atoms with van der Waals surface area (Å²) in [6.07, 6.45) is -4.45. The van der Waals surface area contributed by atoms with Crippen molar-refractivity contribution in [2.45, 2.75) is 11.1 Å². The first-order valence-corrected chi connectivity index (χ1v) is 6.47. The average Bonchev–Trinajstić information content (AvgIpc) is 2.25. The van der Waals surface area contributed by atoms with Gasteiger partial charge in [0.2, 0.25) is 0 Å². The Bertz CT molecular complexity index is 465. The highest BCUT2D eigenvalue weighted by atomic mass is 32.2. The lowest BCUT2D eigenvalue weighted by Crippen LogP contribution is -2.19. The number of hydrogen-bond acceptors (Lipinski definition) is 3. The summed E-state index contributed by atoms with van der Waals surface area (Å²) in [6, 6.07) is 3.50. The van der Waals surface area contributed by atoms with Crippen LogP contribution in [-0.4, -0.2) is 27.8 Å². The van der Waals surface area contributed by atoms with E-state index in [2.05, 4.69) is 5.32 Å². The predicted molar refractivity (Wildman–Crippen MR) is 57.4 cm³/mol. The summed E-state index contributed by atoms with van der Waals surface area (Å²) in [7, 11) is -1.92. The second kappa shape index (κ2) is 5.05. The minimum atomic E-state index is -4.45. The molecule has 0 fully saturated rings. The molecule has 0 aliphatic rings. The second-order valence-electron chi connectivity index (χ2n) is 3.44. The second-order valence-corrected chi connectivity index (χ2v) is 5.55. The molecule has 0 saturated carbocycles. The standard InChI is InChI=1S/C10H12F3NO2S/c1-14-6-7-17(15,16)9-4-2-8(3-5-9)10(11,12)13/h2-5,14H,6-7H2,1H3. The van der Waals surface area contributed by atoms with Gasteiger partial charge in [0.05, 0.1) is 16.2 Å². The Morgan fingerprint density at radius 1 is 1.18 bits per heavy atom. The summed E-state index contributed by atoms with van der Waals surface area (Å²) in [5.41, 5.74) is -0.856. The molecule has 0 radical (unpaired) electrons. The molecule has 1 aromatic carbocycles. The van der Waals surface area contributed by atoms with Crippen LogP contribution in [0.15, 0.2) is 29.2 Å². The van der Waals surface area contributed by atoms with E-state index in [9.17, 15) is 21.6 Å². The molecule has 0 heterocycles. The number of halogens is 3. The molecule has 0 aliphatic carbocycles. The smallest absolute Gasteiger partial charge is 0.319 e. The van der Waals surface area contributed by atoms with Crippen LogP contribution in [0.5, 0.6) is 0 Å². The monoisotopic (exact) mass is 267 g/mol. The van der Waals surface area contributed by atoms with Gasteiger partial charge in [0, 0.05) is 6.54 Å². The van der Waals surface area contributed by atoms with Gasteiger partial charge in [0.15, 0.2) is 9.84 Å². The van der Waals surface area contributed by atoms with Crippen LogP contribution in [0, 0.1) is 0 Å². The number of alkyl halides is 3. The summed E-state index contributed by atoms with van der Waals surface area (Å²) >= 11 is 0. The first-order chi connectivity index (χ1) is 7.77. The lowest BCUT2D eigenvalue weighted by Gasteiger charge is -2.08. The van der Waals surface area contributed by atoms with Gasteiger partial charge in [0.25, 0.3) is 0 Å². The van der Waals surface area contributed by atoms with Crippen molar-refractivity contribution in [1.29, 1.82) is 0 Å². The van der Waals surface area contributed by atoms with E-state index in [1.54, 1.807) is 7.05 Å². The molecule has 0 bridgehead atoms. The Morgan fingerprint density at radius 2 is 1.71 bits per heavy atom. The summed E-state index contributed by atoms with van der Waals surface area (Å²) < 4.78 is 60.0. The average molecular weight is 267 g/mol. The fraction of sp³-hybridized carbons (Fsp3) is 0.400. The maximum absolute atomic E-state index is 12.3. The zero-order chi connectivity index (χ0) is 13.1. The van der Waals surface area contributed by atoms with Crippen LogP contribution >= 0.6 is 0 Å². The van der Waals surface area contributed by atoms with Gasteiger partial charge >= 0.3 is 6.18 Å². The highest BCUT2D eigenvalue weighted by Crippen LogP contribution is 2.29. The summed E-state index contributed by atoms with van der Waals surface area (Å²) in [5.74, 6) is -0.144. The van der Waals surface area contributed by atoms with Gasteiger partial charge in [-0.05, 0) is 31.3 Å². The minimum absolute atomic E-state index is 0.0965. The zero-order valence-electron chi connectivity index (χ0n) is 9.08. The zero-order valence-corrected chi connectivity index (χ0v) is 9.90. The molecule has 1 aromatic rings. The van der Waals surface area contributed by atoms with E-state index >= 15 is 0 Å². The molecule has 0 aliphatic heterocycles. The van der Waals surface area contributed by atoms with E-state index in [0.29, 0.717) is 0 Å². The Hall–Kier alpha value is -1.08. The van der Waals surface area contributed by atoms with Gasteiger partial charge in [-0.25, -0.2) is 8.42 Å². The van der Waals surface area contributed by atoms with Crippen molar-refractivity contribution in [3.8, 4) is 0 Å². The fourth-order valence-corrected chi connectivity index (χ4v) is 2.46. The van der Waals surface area contributed by atoms with E-state index in [1.165, 1.54) is 0 Å². The maximum atomic E-state index is 12.3. The predicted octanol–water partition coefficient (Wildman–Crippen LogP) is 1.70. The van der Waals surface area contributed by atoms with Crippen LogP contribution < -0.4 is 5.32 Å². The van der Waals surface area contributed by atoms with Crippen LogP contribution in [0.3, 0.4) is 0 Å². The quantitative estimate of drug-likeness (QED) is 0.903. The number of benzene rings is 1. The van der Waals surface area contributed by atoms with Crippen molar-refractivity contribution >= 4 is 9.84 Å². The van der Waals surface area contributed by atoms with Crippen LogP contribution in [0.25, 0.3) is 0 Å². The van der Waals surface area contributed by atoms with Gasteiger partial charge in [0.1, 0.15) is 0 Å². The molecular weight excluding hydrogens is 255 g/mol. The van der Waals surface area contributed by atoms with E-state index < -0.39 is 21.6 Å². The molecule has 0 atom stereocenters. The molecule has 7 heteroatoms. The van der Waals surface area contributed by atoms with Gasteiger partial charge in [-0.15, -0.1) is 0 Å². The van der Waals surface area contributed by atoms with Crippen LogP contribution in [0.2, 0.25) is 0 Å². The molecular formula is C10H12F3NO2S. The number of rotatable bonds is 4. The van der Waals surface area contributed by atoms with Crippen molar-refractivity contribution < 1.29 is 21.6 Å². The topological polar surface area (TPSA) is 46.2 Å². The fourth-order valence-electron chi connectivity index (χ4n) is 1.21. The molecule has 3 nitrogen and oxygen atoms in total. The van der Waals surface area contributed by atoms with Crippen molar-refractivity contribution in [3.05, 3.63) is 29.8 Å². The van der Waals surface area contributed by atoms with Gasteiger partial charge < -0.3 is 5.32 Å². The summed E-state index contributed by atoms with van der Waals surface area (Å²) in [6.45, 7) is 0.253. The minimum Gasteiger partial charge on any atom is -0.319 e. The number of sulfone groups is 1. The van der Waals surface area contributed by atoms with Gasteiger partial charge in [-0.3, -0.25) is 0 Å². The first-order valence-electron chi connectivity index (χ1n) is 4.82. The van der Waals surface area contributed by atoms with E-state index in [1.807, 2.05) is 0 Å². The number of hydrogen-bond donors (Lipinski definition) is 1. The highest BCUT2D eigenvalue weighted by molar-refractivity contribution is 7.91. The summed E-state index contributed by atoms with van der Waals surface area (Å²) in [5, 5.41) is 2.67. The molecule has 1 N–H and O–H groups in total. The third-order valence-electron chi connectivity index (χ3n) is 2.16. The molecule has 1 rings (SSSR count). The lowest BCUT2D eigenvalue weighted by molar-refractivity contribution is -0.137. The van der Waals surface area contributed by atoms with Crippen LogP contribution in [0.4, 0.5) is 13.2 Å². The van der Waals surface area contributed by atoms with Crippen molar-refractivity contribution in [2.24, 2.45) is 0 Å². The molecule has 17 heavy (non-hydrogen) atoms. The largest absolute Gasteiger partial charge is 0.416 e. The van der Waals surface area contributed by atoms with Crippen LogP contribution in [-0.2, 0) is 16.0 Å².